The molecule has 0 radical (unpaired) electrons. The van der Waals surface area contributed by atoms with Crippen LogP contribution >= 0.6 is 24.8 Å². The summed E-state index contributed by atoms with van der Waals surface area (Å²) in [5.41, 5.74) is 7.83. The molecule has 156 valence electrons. The molecular weight excluding hydrogens is 417 g/mol. The van der Waals surface area contributed by atoms with Gasteiger partial charge in [-0.15, -0.1) is 24.8 Å². The number of methoxy groups -OCH3 is 1. The van der Waals surface area contributed by atoms with Gasteiger partial charge in [-0.05, 0) is 49.2 Å². The van der Waals surface area contributed by atoms with Crippen LogP contribution < -0.4 is 11.4 Å². The zero-order valence-corrected chi connectivity index (χ0v) is 17.5. The Bertz CT molecular complexity index is 1040. The molecule has 0 amide bonds. The van der Waals surface area contributed by atoms with Gasteiger partial charge in [0.15, 0.2) is 5.65 Å². The van der Waals surface area contributed by atoms with Crippen molar-refractivity contribution in [3.05, 3.63) is 58.6 Å². The Morgan fingerprint density at radius 2 is 1.86 bits per heavy atom. The first kappa shape index (κ1) is 24.2. The summed E-state index contributed by atoms with van der Waals surface area (Å²) in [6.45, 7) is 0.483. The Hall–Kier alpha value is -2.84. The topological polar surface area (TPSA) is 116 Å². The highest BCUT2D eigenvalue weighted by Gasteiger charge is 2.15. The summed E-state index contributed by atoms with van der Waals surface area (Å²) < 4.78 is 7.85. The molecule has 2 heterocycles. The Kier molecular flexibility index (Phi) is 8.87. The molecule has 0 fully saturated rings. The molecule has 0 aliphatic rings. The first-order valence-corrected chi connectivity index (χ1v) is 8.61. The standard InChI is InChI=1S/C19H21N5O3.2ClH/c1-27-16(25)6-2-3-12-23-15-5-4-11-22-18(15)24(19(23)26)14-9-7-13(8-10-14)17(20)21;;/h4-5,7-11H,2-3,6,12H2,1H3,(H3,20,21);2*1H. The molecule has 0 aliphatic heterocycles. The minimum atomic E-state index is -0.253. The number of aryl methyl sites for hydroxylation is 1. The number of unbranched alkanes of at least 4 members (excludes halogenated alkanes) is 1. The van der Waals surface area contributed by atoms with Crippen LogP contribution in [0.25, 0.3) is 16.9 Å². The summed E-state index contributed by atoms with van der Waals surface area (Å²) in [7, 11) is 1.36. The second-order valence-electron chi connectivity index (χ2n) is 6.11. The quantitative estimate of drug-likeness (QED) is 0.254. The number of pyridine rings is 1. The van der Waals surface area contributed by atoms with Gasteiger partial charge in [0.05, 0.1) is 18.3 Å². The van der Waals surface area contributed by atoms with Crippen molar-refractivity contribution in [3.63, 3.8) is 0 Å². The van der Waals surface area contributed by atoms with E-state index in [0.29, 0.717) is 42.7 Å². The van der Waals surface area contributed by atoms with Crippen molar-refractivity contribution >= 4 is 47.8 Å². The predicted molar refractivity (Wildman–Crippen MR) is 117 cm³/mol. The van der Waals surface area contributed by atoms with Crippen molar-refractivity contribution in [1.29, 1.82) is 5.41 Å². The SMILES string of the molecule is COC(=O)CCCCn1c(=O)n(-c2ccc(C(=N)N)cc2)c2ncccc21.Cl.Cl. The van der Waals surface area contributed by atoms with E-state index in [4.69, 9.17) is 11.1 Å². The number of imidazole rings is 1. The van der Waals surface area contributed by atoms with Crippen LogP contribution in [0, 0.1) is 5.41 Å². The number of hydrogen-bond donors (Lipinski definition) is 2. The predicted octanol–water partition coefficient (Wildman–Crippen LogP) is 2.66. The van der Waals surface area contributed by atoms with Gasteiger partial charge in [0.25, 0.3) is 0 Å². The Labute approximate surface area is 180 Å². The van der Waals surface area contributed by atoms with Crippen LogP contribution in [-0.2, 0) is 16.1 Å². The highest BCUT2D eigenvalue weighted by Crippen LogP contribution is 2.17. The lowest BCUT2D eigenvalue weighted by atomic mass is 10.2. The fourth-order valence-electron chi connectivity index (χ4n) is 2.97. The highest BCUT2D eigenvalue weighted by atomic mass is 35.5. The number of nitrogens with two attached hydrogens (primary N) is 1. The average Bonchev–Trinajstić information content (AvgIpc) is 2.96. The summed E-state index contributed by atoms with van der Waals surface area (Å²) in [4.78, 5) is 28.6. The van der Waals surface area contributed by atoms with Gasteiger partial charge in [-0.3, -0.25) is 14.8 Å². The lowest BCUT2D eigenvalue weighted by molar-refractivity contribution is -0.140. The molecule has 0 spiro atoms. The van der Waals surface area contributed by atoms with Crippen LogP contribution in [0.2, 0.25) is 0 Å². The van der Waals surface area contributed by atoms with Gasteiger partial charge in [0.2, 0.25) is 0 Å². The van der Waals surface area contributed by atoms with Gasteiger partial charge in [-0.25, -0.2) is 14.3 Å². The van der Waals surface area contributed by atoms with Crippen LogP contribution in [-0.4, -0.2) is 33.0 Å². The lowest BCUT2D eigenvalue weighted by Crippen LogP contribution is -2.23. The largest absolute Gasteiger partial charge is 0.469 e. The van der Waals surface area contributed by atoms with E-state index in [1.807, 2.05) is 6.07 Å². The number of esters is 1. The Morgan fingerprint density at radius 1 is 1.17 bits per heavy atom. The number of rotatable bonds is 7. The number of hydrogen-bond acceptors (Lipinski definition) is 5. The molecule has 10 heteroatoms. The summed E-state index contributed by atoms with van der Waals surface area (Å²) in [6.07, 6.45) is 3.28. The first-order valence-electron chi connectivity index (χ1n) is 8.61. The number of nitrogen functional groups attached to an aromatic ring is 1. The fourth-order valence-corrected chi connectivity index (χ4v) is 2.97. The molecule has 2 aromatic heterocycles. The van der Waals surface area contributed by atoms with E-state index in [-0.39, 0.29) is 42.3 Å². The molecule has 0 saturated carbocycles. The molecule has 3 aromatic rings. The van der Waals surface area contributed by atoms with Crippen molar-refractivity contribution < 1.29 is 9.53 Å². The van der Waals surface area contributed by atoms with Gasteiger partial charge in [0, 0.05) is 24.7 Å². The molecule has 8 nitrogen and oxygen atoms in total. The Morgan fingerprint density at radius 3 is 2.48 bits per heavy atom. The van der Waals surface area contributed by atoms with E-state index < -0.39 is 0 Å². The van der Waals surface area contributed by atoms with Gasteiger partial charge in [-0.1, -0.05) is 0 Å². The molecule has 0 unspecified atom stereocenters. The van der Waals surface area contributed by atoms with Crippen LogP contribution in [0.5, 0.6) is 0 Å². The molecular formula is C19H23Cl2N5O3. The number of benzene rings is 1. The van der Waals surface area contributed by atoms with E-state index in [1.54, 1.807) is 45.7 Å². The number of carbonyl (C=O) groups excluding carboxylic acids is 1. The third kappa shape index (κ3) is 5.16. The molecule has 0 atom stereocenters. The smallest absolute Gasteiger partial charge is 0.334 e. The van der Waals surface area contributed by atoms with Gasteiger partial charge >= 0.3 is 11.7 Å². The maximum atomic E-state index is 13.0. The third-order valence-electron chi connectivity index (χ3n) is 4.37. The number of carbonyl (C=O) groups is 1. The molecule has 3 N–H and O–H groups in total. The number of nitrogens with one attached hydrogen (secondary N) is 1. The van der Waals surface area contributed by atoms with Crippen molar-refractivity contribution in [2.24, 2.45) is 5.73 Å². The van der Waals surface area contributed by atoms with Crippen molar-refractivity contribution in [1.82, 2.24) is 14.1 Å². The zero-order valence-electron chi connectivity index (χ0n) is 15.8. The van der Waals surface area contributed by atoms with Gasteiger partial charge in [0.1, 0.15) is 5.84 Å². The van der Waals surface area contributed by atoms with Crippen LogP contribution in [0.3, 0.4) is 0 Å². The van der Waals surface area contributed by atoms with Crippen molar-refractivity contribution in [2.45, 2.75) is 25.8 Å². The third-order valence-corrected chi connectivity index (χ3v) is 4.37. The van der Waals surface area contributed by atoms with E-state index >= 15 is 0 Å². The second-order valence-corrected chi connectivity index (χ2v) is 6.11. The van der Waals surface area contributed by atoms with Gasteiger partial charge < -0.3 is 10.5 Å². The number of fused-ring (bicyclic) bond motifs is 1. The minimum Gasteiger partial charge on any atom is -0.469 e. The first-order chi connectivity index (χ1) is 13.0. The van der Waals surface area contributed by atoms with Crippen molar-refractivity contribution in [2.75, 3.05) is 7.11 Å². The van der Waals surface area contributed by atoms with Crippen LogP contribution in [0.15, 0.2) is 47.4 Å². The van der Waals surface area contributed by atoms with Crippen molar-refractivity contribution in [3.8, 4) is 5.69 Å². The van der Waals surface area contributed by atoms with Gasteiger partial charge in [-0.2, -0.15) is 0 Å². The number of halogens is 2. The molecule has 0 bridgehead atoms. The molecule has 0 saturated heterocycles. The fraction of sp³-hybridized carbons (Fsp3) is 0.263. The second kappa shape index (κ2) is 10.6. The molecule has 3 rings (SSSR count). The maximum absolute atomic E-state index is 13.0. The zero-order chi connectivity index (χ0) is 19.4. The van der Waals surface area contributed by atoms with Crippen LogP contribution in [0.4, 0.5) is 0 Å². The minimum absolute atomic E-state index is 0. The number of nitrogens with zero attached hydrogens (tertiary/aromatic N) is 3. The lowest BCUT2D eigenvalue weighted by Gasteiger charge is -2.04. The monoisotopic (exact) mass is 439 g/mol. The Balaban J connectivity index is 0.00000210. The van der Waals surface area contributed by atoms with Crippen LogP contribution in [0.1, 0.15) is 24.8 Å². The summed E-state index contributed by atoms with van der Waals surface area (Å²) in [5, 5.41) is 7.49. The maximum Gasteiger partial charge on any atom is 0.334 e. The number of ether oxygens (including phenoxy) is 1. The molecule has 1 aromatic carbocycles. The highest BCUT2D eigenvalue weighted by molar-refractivity contribution is 5.95. The van der Waals surface area contributed by atoms with E-state index in [0.717, 1.165) is 5.52 Å². The van der Waals surface area contributed by atoms with E-state index in [1.165, 1.54) is 7.11 Å². The van der Waals surface area contributed by atoms with E-state index in [9.17, 15) is 9.59 Å². The summed E-state index contributed by atoms with van der Waals surface area (Å²) in [5.74, 6) is -0.281. The average molecular weight is 440 g/mol. The molecule has 0 aliphatic carbocycles. The molecule has 29 heavy (non-hydrogen) atoms. The van der Waals surface area contributed by atoms with E-state index in [2.05, 4.69) is 9.72 Å². The normalized spacial score (nSPS) is 10.1. The summed E-state index contributed by atoms with van der Waals surface area (Å²) in [6, 6.07) is 10.5. The number of aromatic nitrogens is 3. The summed E-state index contributed by atoms with van der Waals surface area (Å²) >= 11 is 0. The number of amidine groups is 1.